The number of fused-ring (bicyclic) bond motifs is 1. The minimum Gasteiger partial charge on any atom is -0.305 e. The van der Waals surface area contributed by atoms with Gasteiger partial charge in [0.05, 0.1) is 5.69 Å². The Bertz CT molecular complexity index is 1630. The molecule has 0 unspecified atom stereocenters. The summed E-state index contributed by atoms with van der Waals surface area (Å²) < 4.78 is 16.8. The Labute approximate surface area is 236 Å². The second-order valence-electron chi connectivity index (χ2n) is 11.5. The summed E-state index contributed by atoms with van der Waals surface area (Å²) in [4.78, 5) is 35.8. The number of aromatic amines is 1. The maximum Gasteiger partial charge on any atom is 0.324 e. The average Bonchev–Trinajstić information content (AvgIpc) is 3.56. The van der Waals surface area contributed by atoms with E-state index < -0.39 is 11.8 Å². The molecule has 5 rings (SSSR count). The first-order valence-corrected chi connectivity index (χ1v) is 14.6. The number of anilines is 2. The van der Waals surface area contributed by atoms with Gasteiger partial charge >= 0.3 is 6.03 Å². The first-order valence-electron chi connectivity index (χ1n) is 13.4. The summed E-state index contributed by atoms with van der Waals surface area (Å²) in [6.45, 7) is 8.08. The Morgan fingerprint density at radius 3 is 2.60 bits per heavy atom. The third-order valence-electron chi connectivity index (χ3n) is 7.07. The van der Waals surface area contributed by atoms with Gasteiger partial charge in [-0.15, -0.1) is 0 Å². The summed E-state index contributed by atoms with van der Waals surface area (Å²) in [5, 5.41) is 13.6. The van der Waals surface area contributed by atoms with Gasteiger partial charge in [-0.05, 0) is 67.2 Å². The van der Waals surface area contributed by atoms with Crippen LogP contribution in [0.5, 0.6) is 0 Å². The van der Waals surface area contributed by atoms with Crippen molar-refractivity contribution >= 4 is 40.3 Å². The summed E-state index contributed by atoms with van der Waals surface area (Å²) in [5.74, 6) is -0.264. The van der Waals surface area contributed by atoms with Gasteiger partial charge in [0.15, 0.2) is 11.0 Å². The molecule has 0 aliphatic heterocycles. The van der Waals surface area contributed by atoms with Crippen LogP contribution in [0, 0.1) is 18.2 Å². The van der Waals surface area contributed by atoms with E-state index in [0.717, 1.165) is 43.2 Å². The molecule has 3 aromatic heterocycles. The molecule has 11 heteroatoms. The highest BCUT2D eigenvalue weighted by atomic mass is 32.2. The fourth-order valence-corrected chi connectivity index (χ4v) is 5.65. The third kappa shape index (κ3) is 5.89. The van der Waals surface area contributed by atoms with Crippen LogP contribution in [-0.4, -0.2) is 37.0 Å². The van der Waals surface area contributed by atoms with Crippen LogP contribution in [0.2, 0.25) is 0 Å². The number of amides is 2. The van der Waals surface area contributed by atoms with Crippen LogP contribution in [0.4, 0.5) is 20.7 Å². The number of benzene rings is 1. The molecule has 40 heavy (non-hydrogen) atoms. The molecule has 1 aliphatic carbocycles. The van der Waals surface area contributed by atoms with Crippen molar-refractivity contribution in [2.24, 2.45) is 5.41 Å². The van der Waals surface area contributed by atoms with E-state index in [-0.39, 0.29) is 22.7 Å². The van der Waals surface area contributed by atoms with Crippen molar-refractivity contribution in [3.05, 3.63) is 57.9 Å². The van der Waals surface area contributed by atoms with Gasteiger partial charge in [0.1, 0.15) is 11.5 Å². The predicted octanol–water partition coefficient (Wildman–Crippen LogP) is 6.70. The highest BCUT2D eigenvalue weighted by Crippen LogP contribution is 2.34. The minimum absolute atomic E-state index is 0.0376. The Hall–Kier alpha value is -3.73. The Balaban J connectivity index is 1.49. The lowest BCUT2D eigenvalue weighted by atomic mass is 9.91. The van der Waals surface area contributed by atoms with Gasteiger partial charge in [0, 0.05) is 34.9 Å². The molecule has 1 saturated carbocycles. The Kier molecular flexibility index (Phi) is 7.67. The van der Waals surface area contributed by atoms with Gasteiger partial charge in [0.2, 0.25) is 0 Å². The van der Waals surface area contributed by atoms with Crippen molar-refractivity contribution in [1.29, 1.82) is 0 Å². The minimum atomic E-state index is -0.637. The largest absolute Gasteiger partial charge is 0.324 e. The number of nitrogens with one attached hydrogen (secondary N) is 3. The monoisotopic (exact) mass is 563 g/mol. The summed E-state index contributed by atoms with van der Waals surface area (Å²) in [7, 11) is 0. The maximum atomic E-state index is 15.0. The fraction of sp³-hybridized carbons (Fsp3) is 0.414. The van der Waals surface area contributed by atoms with Crippen molar-refractivity contribution in [1.82, 2.24) is 24.7 Å². The number of rotatable bonds is 6. The van der Waals surface area contributed by atoms with Crippen molar-refractivity contribution in [3.8, 4) is 11.1 Å². The van der Waals surface area contributed by atoms with E-state index >= 15 is 4.39 Å². The molecule has 0 atom stereocenters. The third-order valence-corrected chi connectivity index (χ3v) is 7.63. The molecule has 0 saturated heterocycles. The Morgan fingerprint density at radius 1 is 1.15 bits per heavy atom. The van der Waals surface area contributed by atoms with Crippen LogP contribution in [0.1, 0.15) is 63.8 Å². The highest BCUT2D eigenvalue weighted by Gasteiger charge is 2.24. The summed E-state index contributed by atoms with van der Waals surface area (Å²) in [6.07, 6.45) is 8.29. The van der Waals surface area contributed by atoms with Gasteiger partial charge in [-0.3, -0.25) is 19.8 Å². The molecule has 3 heterocycles. The van der Waals surface area contributed by atoms with E-state index in [4.69, 9.17) is 0 Å². The van der Waals surface area contributed by atoms with E-state index in [1.807, 2.05) is 6.26 Å². The molecule has 1 fully saturated rings. The van der Waals surface area contributed by atoms with E-state index in [1.54, 1.807) is 29.8 Å². The first kappa shape index (κ1) is 27.8. The van der Waals surface area contributed by atoms with Crippen LogP contribution >= 0.6 is 11.8 Å². The number of carbonyl (C=O) groups excluding carboxylic acids is 1. The fourth-order valence-electron chi connectivity index (χ4n) is 5.31. The number of aryl methyl sites for hydroxylation is 1. The standard InChI is InChI=1S/C29H34FN7O2S/c1-16-10-22(30)23(32-27(39)33-24-12-18(35-36-24)14-29(2,3)4)13-20(16)21-11-17-15-31-28(40-5)34-25(17)37(26(21)38)19-8-6-7-9-19/h10-13,15,19H,6-9,14H2,1-5H3,(H3,32,33,35,36,39). The van der Waals surface area contributed by atoms with Crippen molar-refractivity contribution in [2.45, 2.75) is 71.0 Å². The van der Waals surface area contributed by atoms with Crippen LogP contribution < -0.4 is 16.2 Å². The predicted molar refractivity (Wildman–Crippen MR) is 158 cm³/mol. The number of hydrogen-bond acceptors (Lipinski definition) is 6. The van der Waals surface area contributed by atoms with Crippen LogP contribution in [0.25, 0.3) is 22.2 Å². The molecule has 4 aromatic rings. The van der Waals surface area contributed by atoms with Crippen LogP contribution in [0.3, 0.4) is 0 Å². The van der Waals surface area contributed by atoms with Crippen LogP contribution in [0.15, 0.2) is 40.4 Å². The smallest absolute Gasteiger partial charge is 0.305 e. The molecule has 0 spiro atoms. The Morgan fingerprint density at radius 2 is 1.90 bits per heavy atom. The van der Waals surface area contributed by atoms with Crippen LogP contribution in [-0.2, 0) is 6.42 Å². The number of aromatic nitrogens is 5. The van der Waals surface area contributed by atoms with Gasteiger partial charge < -0.3 is 5.32 Å². The molecular formula is C29H34FN7O2S. The quantitative estimate of drug-likeness (QED) is 0.178. The number of halogens is 1. The van der Waals surface area contributed by atoms with E-state index in [0.29, 0.717) is 33.3 Å². The molecule has 210 valence electrons. The lowest BCUT2D eigenvalue weighted by Gasteiger charge is -2.19. The number of hydrogen-bond donors (Lipinski definition) is 3. The molecule has 9 nitrogen and oxygen atoms in total. The van der Waals surface area contributed by atoms with Gasteiger partial charge in [0.25, 0.3) is 5.56 Å². The lowest BCUT2D eigenvalue weighted by Crippen LogP contribution is -2.26. The number of carbonyl (C=O) groups is 1. The normalized spacial score (nSPS) is 14.2. The zero-order chi connectivity index (χ0) is 28.6. The molecule has 0 radical (unpaired) electrons. The molecule has 3 N–H and O–H groups in total. The van der Waals surface area contributed by atoms with Crippen molar-refractivity contribution in [2.75, 3.05) is 16.9 Å². The molecule has 1 aliphatic rings. The van der Waals surface area contributed by atoms with Crippen molar-refractivity contribution in [3.63, 3.8) is 0 Å². The lowest BCUT2D eigenvalue weighted by molar-refractivity contribution is 0.262. The van der Waals surface area contributed by atoms with E-state index in [9.17, 15) is 9.59 Å². The second kappa shape index (κ2) is 11.0. The zero-order valence-corrected chi connectivity index (χ0v) is 24.2. The SMILES string of the molecule is CSc1ncc2cc(-c3cc(NC(=O)Nc4cc(CC(C)(C)C)[nH]n4)c(F)cc3C)c(=O)n(C3CCCC3)c2n1. The van der Waals surface area contributed by atoms with Gasteiger partial charge in [-0.2, -0.15) is 5.10 Å². The first-order chi connectivity index (χ1) is 19.0. The second-order valence-corrected chi connectivity index (χ2v) is 12.3. The molecule has 0 bridgehead atoms. The van der Waals surface area contributed by atoms with E-state index in [1.165, 1.54) is 23.9 Å². The van der Waals surface area contributed by atoms with Crippen molar-refractivity contribution < 1.29 is 9.18 Å². The number of thioether (sulfide) groups is 1. The summed E-state index contributed by atoms with van der Waals surface area (Å²) >= 11 is 1.43. The zero-order valence-electron chi connectivity index (χ0n) is 23.4. The summed E-state index contributed by atoms with van der Waals surface area (Å²) in [6, 6.07) is 5.77. The van der Waals surface area contributed by atoms with E-state index in [2.05, 4.69) is 51.6 Å². The molecule has 1 aromatic carbocycles. The number of pyridine rings is 1. The van der Waals surface area contributed by atoms with Gasteiger partial charge in [-0.1, -0.05) is 45.4 Å². The number of nitrogens with zero attached hydrogens (tertiary/aromatic N) is 4. The highest BCUT2D eigenvalue weighted by molar-refractivity contribution is 7.98. The molecule has 2 amide bonds. The molecular weight excluding hydrogens is 529 g/mol. The number of urea groups is 1. The maximum absolute atomic E-state index is 15.0. The topological polar surface area (TPSA) is 118 Å². The number of H-pyrrole nitrogens is 1. The van der Waals surface area contributed by atoms with Gasteiger partial charge in [-0.25, -0.2) is 19.2 Å². The average molecular weight is 564 g/mol. The summed E-state index contributed by atoms with van der Waals surface area (Å²) in [5.41, 5.74) is 2.87.